The number of hydrogen-bond acceptors (Lipinski definition) is 2. The van der Waals surface area contributed by atoms with Crippen LogP contribution in [0.15, 0.2) is 0 Å². The van der Waals surface area contributed by atoms with Crippen molar-refractivity contribution in [2.75, 3.05) is 19.6 Å². The molecule has 2 rings (SSSR count). The van der Waals surface area contributed by atoms with Crippen LogP contribution in [0.3, 0.4) is 0 Å². The number of carbonyl (C=O) groups excluding carboxylic acids is 1. The van der Waals surface area contributed by atoms with Gasteiger partial charge in [0, 0.05) is 32.1 Å². The summed E-state index contributed by atoms with van der Waals surface area (Å²) >= 11 is 0. The monoisotopic (exact) mass is 296 g/mol. The highest BCUT2D eigenvalue weighted by molar-refractivity contribution is 5.75. The van der Waals surface area contributed by atoms with Crippen LogP contribution in [0.5, 0.6) is 0 Å². The zero-order chi connectivity index (χ0) is 15.4. The van der Waals surface area contributed by atoms with E-state index < -0.39 is 5.97 Å². The minimum atomic E-state index is -0.739. The highest BCUT2D eigenvalue weighted by Gasteiger charge is 2.36. The average molecular weight is 296 g/mol. The summed E-state index contributed by atoms with van der Waals surface area (Å²) in [6.45, 7) is 6.49. The Bertz CT molecular complexity index is 382. The Hall–Kier alpha value is -1.26. The molecule has 1 saturated heterocycles. The third-order valence-corrected chi connectivity index (χ3v) is 4.73. The fourth-order valence-electron chi connectivity index (χ4n) is 3.33. The number of carboxylic acid groups (broad SMARTS) is 1. The van der Waals surface area contributed by atoms with Crippen LogP contribution in [0, 0.1) is 11.8 Å². The number of nitrogens with zero attached hydrogens (tertiary/aromatic N) is 2. The molecular formula is C16H28N2O3. The molecule has 0 spiro atoms. The number of amides is 2. The summed E-state index contributed by atoms with van der Waals surface area (Å²) in [6.07, 6.45) is 5.50. The van der Waals surface area contributed by atoms with Crippen LogP contribution >= 0.6 is 0 Å². The van der Waals surface area contributed by atoms with E-state index in [9.17, 15) is 9.59 Å². The molecule has 0 aromatic heterocycles. The minimum Gasteiger partial charge on any atom is -0.481 e. The van der Waals surface area contributed by atoms with Gasteiger partial charge in [0.15, 0.2) is 0 Å². The van der Waals surface area contributed by atoms with Gasteiger partial charge in [-0.1, -0.05) is 13.8 Å². The van der Waals surface area contributed by atoms with Crippen LogP contribution in [0.4, 0.5) is 4.79 Å². The molecule has 1 N–H and O–H groups in total. The molecule has 1 aliphatic carbocycles. The topological polar surface area (TPSA) is 60.9 Å². The molecule has 5 nitrogen and oxygen atoms in total. The fraction of sp³-hybridized carbons (Fsp3) is 0.875. The van der Waals surface area contributed by atoms with E-state index >= 15 is 0 Å². The first-order valence-corrected chi connectivity index (χ1v) is 8.30. The molecule has 0 bridgehead atoms. The lowest BCUT2D eigenvalue weighted by Gasteiger charge is -2.38. The van der Waals surface area contributed by atoms with Gasteiger partial charge >= 0.3 is 12.0 Å². The number of urea groups is 1. The summed E-state index contributed by atoms with van der Waals surface area (Å²) in [4.78, 5) is 27.6. The molecule has 2 atom stereocenters. The van der Waals surface area contributed by atoms with E-state index in [0.717, 1.165) is 51.7 Å². The van der Waals surface area contributed by atoms with Crippen molar-refractivity contribution in [2.24, 2.45) is 11.8 Å². The standard InChI is InChI=1S/C16H28N2O3/c1-3-8-18(14-6-7-14)16(21)17-9-4-5-13(11-17)12(2)10-15(19)20/h12-14H,3-11H2,1-2H3,(H,19,20). The van der Waals surface area contributed by atoms with E-state index in [4.69, 9.17) is 5.11 Å². The van der Waals surface area contributed by atoms with E-state index in [1.807, 2.05) is 16.7 Å². The Morgan fingerprint density at radius 2 is 2.05 bits per heavy atom. The van der Waals surface area contributed by atoms with Gasteiger partial charge in [0.2, 0.25) is 0 Å². The van der Waals surface area contributed by atoms with Gasteiger partial charge in [-0.25, -0.2) is 4.79 Å². The van der Waals surface area contributed by atoms with Crippen molar-refractivity contribution < 1.29 is 14.7 Å². The maximum Gasteiger partial charge on any atom is 0.320 e. The average Bonchev–Trinajstić information content (AvgIpc) is 3.28. The van der Waals surface area contributed by atoms with E-state index in [-0.39, 0.29) is 18.4 Å². The lowest BCUT2D eigenvalue weighted by atomic mass is 9.85. The number of carboxylic acids is 1. The van der Waals surface area contributed by atoms with Gasteiger partial charge in [-0.2, -0.15) is 0 Å². The molecule has 0 radical (unpaired) electrons. The van der Waals surface area contributed by atoms with Gasteiger partial charge in [0.25, 0.3) is 0 Å². The predicted molar refractivity (Wildman–Crippen MR) is 81.1 cm³/mol. The predicted octanol–water partition coefficient (Wildman–Crippen LogP) is 2.80. The summed E-state index contributed by atoms with van der Waals surface area (Å²) in [5.74, 6) is -0.281. The normalized spacial score (nSPS) is 23.7. The molecule has 2 fully saturated rings. The van der Waals surface area contributed by atoms with Crippen LogP contribution in [0.1, 0.15) is 52.4 Å². The number of carbonyl (C=O) groups is 2. The quantitative estimate of drug-likeness (QED) is 0.820. The Labute approximate surface area is 127 Å². The van der Waals surface area contributed by atoms with Crippen LogP contribution in [-0.4, -0.2) is 52.6 Å². The Balaban J connectivity index is 1.92. The molecule has 2 unspecified atom stereocenters. The molecule has 21 heavy (non-hydrogen) atoms. The van der Waals surface area contributed by atoms with Crippen molar-refractivity contribution in [3.05, 3.63) is 0 Å². The number of likely N-dealkylation sites (tertiary alicyclic amines) is 1. The second kappa shape index (κ2) is 7.14. The second-order valence-corrected chi connectivity index (χ2v) is 6.63. The summed E-state index contributed by atoms with van der Waals surface area (Å²) in [5, 5.41) is 8.94. The maximum absolute atomic E-state index is 12.7. The molecule has 120 valence electrons. The maximum atomic E-state index is 12.7. The van der Waals surface area contributed by atoms with Crippen LogP contribution in [0.2, 0.25) is 0 Å². The van der Waals surface area contributed by atoms with Crippen LogP contribution in [0.25, 0.3) is 0 Å². The first-order chi connectivity index (χ1) is 10.0. The first-order valence-electron chi connectivity index (χ1n) is 8.30. The minimum absolute atomic E-state index is 0.138. The number of hydrogen-bond donors (Lipinski definition) is 1. The summed E-state index contributed by atoms with van der Waals surface area (Å²) < 4.78 is 0. The highest BCUT2D eigenvalue weighted by Crippen LogP contribution is 2.31. The van der Waals surface area contributed by atoms with Crippen LogP contribution < -0.4 is 0 Å². The second-order valence-electron chi connectivity index (χ2n) is 6.63. The van der Waals surface area contributed by atoms with Crippen LogP contribution in [-0.2, 0) is 4.79 Å². The van der Waals surface area contributed by atoms with E-state index in [1.165, 1.54) is 0 Å². The molecule has 1 heterocycles. The summed E-state index contributed by atoms with van der Waals surface area (Å²) in [7, 11) is 0. The summed E-state index contributed by atoms with van der Waals surface area (Å²) in [6, 6.07) is 0.626. The number of piperidine rings is 1. The van der Waals surface area contributed by atoms with Gasteiger partial charge in [-0.15, -0.1) is 0 Å². The van der Waals surface area contributed by atoms with Crippen molar-refractivity contribution in [1.82, 2.24) is 9.80 Å². The zero-order valence-electron chi connectivity index (χ0n) is 13.3. The molecule has 2 amide bonds. The third kappa shape index (κ3) is 4.35. The Kier molecular flexibility index (Phi) is 5.48. The Morgan fingerprint density at radius 1 is 1.33 bits per heavy atom. The van der Waals surface area contributed by atoms with E-state index in [0.29, 0.717) is 12.0 Å². The van der Waals surface area contributed by atoms with Gasteiger partial charge in [-0.05, 0) is 43.9 Å². The van der Waals surface area contributed by atoms with Crippen molar-refractivity contribution in [1.29, 1.82) is 0 Å². The van der Waals surface area contributed by atoms with Crippen molar-refractivity contribution in [3.8, 4) is 0 Å². The van der Waals surface area contributed by atoms with Gasteiger partial charge in [0.1, 0.15) is 0 Å². The largest absolute Gasteiger partial charge is 0.481 e. The molecule has 0 aromatic carbocycles. The smallest absolute Gasteiger partial charge is 0.320 e. The van der Waals surface area contributed by atoms with E-state index in [1.54, 1.807) is 0 Å². The van der Waals surface area contributed by atoms with Crippen molar-refractivity contribution >= 4 is 12.0 Å². The van der Waals surface area contributed by atoms with Crippen molar-refractivity contribution in [2.45, 2.75) is 58.4 Å². The van der Waals surface area contributed by atoms with Crippen molar-refractivity contribution in [3.63, 3.8) is 0 Å². The third-order valence-electron chi connectivity index (χ3n) is 4.73. The van der Waals surface area contributed by atoms with E-state index in [2.05, 4.69) is 6.92 Å². The molecule has 5 heteroatoms. The molecule has 0 aromatic rings. The molecule has 1 aliphatic heterocycles. The molecular weight excluding hydrogens is 268 g/mol. The van der Waals surface area contributed by atoms with Gasteiger partial charge in [0.05, 0.1) is 0 Å². The highest BCUT2D eigenvalue weighted by atomic mass is 16.4. The fourth-order valence-corrected chi connectivity index (χ4v) is 3.33. The molecule has 1 saturated carbocycles. The Morgan fingerprint density at radius 3 is 2.62 bits per heavy atom. The first kappa shape index (κ1) is 16.1. The SMILES string of the molecule is CCCN(C(=O)N1CCCC(C(C)CC(=O)O)C1)C1CC1. The molecule has 2 aliphatic rings. The summed E-state index contributed by atoms with van der Waals surface area (Å²) in [5.41, 5.74) is 0. The number of rotatable bonds is 6. The zero-order valence-corrected chi connectivity index (χ0v) is 13.3. The van der Waals surface area contributed by atoms with Gasteiger partial charge in [-0.3, -0.25) is 4.79 Å². The number of aliphatic carboxylic acids is 1. The lowest BCUT2D eigenvalue weighted by Crippen LogP contribution is -2.49. The van der Waals surface area contributed by atoms with Gasteiger partial charge < -0.3 is 14.9 Å². The lowest BCUT2D eigenvalue weighted by molar-refractivity contribution is -0.138.